The van der Waals surface area contributed by atoms with Crippen LogP contribution in [0.5, 0.6) is 5.88 Å². The molecule has 0 spiro atoms. The Hall–Kier alpha value is -3.07. The molecule has 0 unspecified atom stereocenters. The zero-order valence-electron chi connectivity index (χ0n) is 16.3. The second-order valence-electron chi connectivity index (χ2n) is 6.45. The summed E-state index contributed by atoms with van der Waals surface area (Å²) in [6.07, 6.45) is -1.12. The number of rotatable bonds is 4. The number of carbonyl (C=O) groups excluding carboxylic acids is 1. The molecule has 0 bridgehead atoms. The summed E-state index contributed by atoms with van der Waals surface area (Å²) in [7, 11) is 0. The Morgan fingerprint density at radius 1 is 1.17 bits per heavy atom. The summed E-state index contributed by atoms with van der Waals surface area (Å²) < 4.78 is 34.8. The van der Waals surface area contributed by atoms with Gasteiger partial charge in [-0.1, -0.05) is 43.8 Å². The van der Waals surface area contributed by atoms with Gasteiger partial charge in [0.25, 0.3) is 0 Å². The molecule has 1 aliphatic rings. The van der Waals surface area contributed by atoms with Gasteiger partial charge in [0.2, 0.25) is 23.2 Å². The lowest BCUT2D eigenvalue weighted by atomic mass is 10.1. The highest BCUT2D eigenvalue weighted by molar-refractivity contribution is 7.99. The maximum Gasteiger partial charge on any atom is 0.247 e. The Morgan fingerprint density at radius 3 is 2.73 bits per heavy atom. The average molecular weight is 428 g/mol. The van der Waals surface area contributed by atoms with Crippen LogP contribution in [0.2, 0.25) is 0 Å². The van der Waals surface area contributed by atoms with E-state index >= 15 is 0 Å². The molecule has 0 fully saturated rings. The molecule has 4 rings (SSSR count). The van der Waals surface area contributed by atoms with Gasteiger partial charge in [0.05, 0.1) is 11.3 Å². The van der Waals surface area contributed by atoms with Crippen LogP contribution in [0.4, 0.5) is 14.5 Å². The summed E-state index contributed by atoms with van der Waals surface area (Å²) >= 11 is 1.37. The first-order valence-corrected chi connectivity index (χ1v) is 10.4. The highest BCUT2D eigenvalue weighted by atomic mass is 32.2. The molecule has 1 aliphatic heterocycles. The zero-order valence-corrected chi connectivity index (χ0v) is 17.1. The van der Waals surface area contributed by atoms with Gasteiger partial charge < -0.3 is 4.74 Å². The van der Waals surface area contributed by atoms with Crippen LogP contribution in [0.1, 0.15) is 32.1 Å². The standard InChI is InChI=1S/C21H18F2N4O2S/c1-3-17(28)27-16-8-6-5-7-13(16)18-19(24-21(26-25-18)30-4-2)29-20(27)14-11-12(22)9-10-15(14)23/h5-11,20H,3-4H2,1-2H3/t20-/m0/s1. The third kappa shape index (κ3) is 3.60. The van der Waals surface area contributed by atoms with E-state index in [1.54, 1.807) is 31.2 Å². The van der Waals surface area contributed by atoms with E-state index in [2.05, 4.69) is 15.2 Å². The monoisotopic (exact) mass is 428 g/mol. The quantitative estimate of drug-likeness (QED) is 0.558. The smallest absolute Gasteiger partial charge is 0.247 e. The molecule has 154 valence electrons. The van der Waals surface area contributed by atoms with Crippen LogP contribution in [0.25, 0.3) is 11.3 Å². The number of aromatic nitrogens is 3. The fourth-order valence-electron chi connectivity index (χ4n) is 3.25. The summed E-state index contributed by atoms with van der Waals surface area (Å²) in [6.45, 7) is 3.64. The molecular weight excluding hydrogens is 410 g/mol. The number of fused-ring (bicyclic) bond motifs is 3. The molecule has 0 saturated heterocycles. The van der Waals surface area contributed by atoms with Crippen molar-refractivity contribution in [2.45, 2.75) is 31.7 Å². The first-order chi connectivity index (χ1) is 14.5. The number of anilines is 1. The van der Waals surface area contributed by atoms with Gasteiger partial charge in [0, 0.05) is 12.0 Å². The lowest BCUT2D eigenvalue weighted by Gasteiger charge is -2.30. The Labute approximate surface area is 176 Å². The van der Waals surface area contributed by atoms with Gasteiger partial charge in [-0.25, -0.2) is 8.78 Å². The first kappa shape index (κ1) is 20.2. The Kier molecular flexibility index (Phi) is 5.63. The van der Waals surface area contributed by atoms with Gasteiger partial charge in [-0.05, 0) is 30.0 Å². The lowest BCUT2D eigenvalue weighted by Crippen LogP contribution is -2.37. The number of carbonyl (C=O) groups is 1. The summed E-state index contributed by atoms with van der Waals surface area (Å²) in [6, 6.07) is 10.1. The summed E-state index contributed by atoms with van der Waals surface area (Å²) in [5.41, 5.74) is 1.26. The normalized spacial score (nSPS) is 15.1. The van der Waals surface area contributed by atoms with E-state index in [9.17, 15) is 13.6 Å². The van der Waals surface area contributed by atoms with Crippen LogP contribution >= 0.6 is 11.8 Å². The minimum atomic E-state index is -1.26. The molecule has 1 aromatic heterocycles. The Morgan fingerprint density at radius 2 is 1.97 bits per heavy atom. The number of thioether (sulfide) groups is 1. The fourth-order valence-corrected chi connectivity index (χ4v) is 3.75. The summed E-state index contributed by atoms with van der Waals surface area (Å²) in [4.78, 5) is 18.7. The average Bonchev–Trinajstić information content (AvgIpc) is 2.89. The molecule has 2 heterocycles. The molecule has 30 heavy (non-hydrogen) atoms. The van der Waals surface area contributed by atoms with Gasteiger partial charge in [-0.2, -0.15) is 4.98 Å². The number of hydrogen-bond acceptors (Lipinski definition) is 6. The van der Waals surface area contributed by atoms with Crippen LogP contribution in [-0.2, 0) is 4.79 Å². The highest BCUT2D eigenvalue weighted by Gasteiger charge is 2.36. The summed E-state index contributed by atoms with van der Waals surface area (Å²) in [5, 5.41) is 8.78. The number of para-hydroxylation sites is 1. The number of halogens is 2. The van der Waals surface area contributed by atoms with Crippen LogP contribution in [0, 0.1) is 11.6 Å². The molecule has 3 aromatic rings. The number of nitrogens with zero attached hydrogens (tertiary/aromatic N) is 4. The van der Waals surface area contributed by atoms with E-state index in [1.807, 2.05) is 6.92 Å². The van der Waals surface area contributed by atoms with Crippen molar-refractivity contribution < 1.29 is 18.3 Å². The van der Waals surface area contributed by atoms with E-state index in [4.69, 9.17) is 4.74 Å². The maximum absolute atomic E-state index is 14.7. The second kappa shape index (κ2) is 8.35. The Balaban J connectivity index is 1.98. The van der Waals surface area contributed by atoms with E-state index in [0.717, 1.165) is 24.0 Å². The predicted octanol–water partition coefficient (Wildman–Crippen LogP) is 4.76. The summed E-state index contributed by atoms with van der Waals surface area (Å²) in [5.74, 6) is -0.825. The second-order valence-corrected chi connectivity index (χ2v) is 7.68. The van der Waals surface area contributed by atoms with Crippen molar-refractivity contribution in [3.8, 4) is 17.1 Å². The van der Waals surface area contributed by atoms with Crippen molar-refractivity contribution in [3.05, 3.63) is 59.7 Å². The highest BCUT2D eigenvalue weighted by Crippen LogP contribution is 2.44. The topological polar surface area (TPSA) is 68.2 Å². The third-order valence-corrected chi connectivity index (χ3v) is 5.30. The van der Waals surface area contributed by atoms with Crippen molar-refractivity contribution in [3.63, 3.8) is 0 Å². The van der Waals surface area contributed by atoms with Crippen molar-refractivity contribution in [1.82, 2.24) is 15.2 Å². The molecule has 0 radical (unpaired) electrons. The molecule has 0 aliphatic carbocycles. The molecule has 9 heteroatoms. The van der Waals surface area contributed by atoms with Crippen molar-refractivity contribution in [2.75, 3.05) is 10.7 Å². The molecule has 1 atom stereocenters. The SMILES string of the molecule is CCSc1nnc2c(n1)O[C@@H](c1cc(F)ccc1F)N(C(=O)CC)c1ccccc1-2. The van der Waals surface area contributed by atoms with Gasteiger partial charge >= 0.3 is 0 Å². The van der Waals surface area contributed by atoms with Crippen molar-refractivity contribution >= 4 is 23.4 Å². The van der Waals surface area contributed by atoms with Crippen LogP contribution in [0.3, 0.4) is 0 Å². The third-order valence-electron chi connectivity index (χ3n) is 4.58. The molecule has 1 amide bonds. The first-order valence-electron chi connectivity index (χ1n) is 9.44. The van der Waals surface area contributed by atoms with E-state index in [0.29, 0.717) is 22.1 Å². The van der Waals surface area contributed by atoms with Crippen LogP contribution in [-0.4, -0.2) is 26.8 Å². The molecule has 6 nitrogen and oxygen atoms in total. The van der Waals surface area contributed by atoms with Crippen LogP contribution in [0.15, 0.2) is 47.6 Å². The van der Waals surface area contributed by atoms with Gasteiger partial charge in [-0.3, -0.25) is 9.69 Å². The maximum atomic E-state index is 14.7. The van der Waals surface area contributed by atoms with Gasteiger partial charge in [0.1, 0.15) is 11.6 Å². The number of hydrogen-bond donors (Lipinski definition) is 0. The lowest BCUT2D eigenvalue weighted by molar-refractivity contribution is -0.120. The molecule has 0 N–H and O–H groups in total. The van der Waals surface area contributed by atoms with Gasteiger partial charge in [0.15, 0.2) is 5.69 Å². The number of amides is 1. The van der Waals surface area contributed by atoms with E-state index in [1.165, 1.54) is 16.7 Å². The van der Waals surface area contributed by atoms with Crippen molar-refractivity contribution in [1.29, 1.82) is 0 Å². The zero-order chi connectivity index (χ0) is 21.3. The Bertz CT molecular complexity index is 1110. The van der Waals surface area contributed by atoms with E-state index in [-0.39, 0.29) is 23.8 Å². The van der Waals surface area contributed by atoms with Crippen LogP contribution < -0.4 is 9.64 Å². The number of ether oxygens (including phenoxy) is 1. The number of benzene rings is 2. The fraction of sp³-hybridized carbons (Fsp3) is 0.238. The molecular formula is C21H18F2N4O2S. The largest absolute Gasteiger partial charge is 0.447 e. The minimum Gasteiger partial charge on any atom is -0.447 e. The molecule has 0 saturated carbocycles. The molecule has 2 aromatic carbocycles. The van der Waals surface area contributed by atoms with Gasteiger partial charge in [-0.15, -0.1) is 10.2 Å². The predicted molar refractivity (Wildman–Crippen MR) is 109 cm³/mol. The van der Waals surface area contributed by atoms with E-state index < -0.39 is 17.9 Å². The minimum absolute atomic E-state index is 0.105. The van der Waals surface area contributed by atoms with Crippen molar-refractivity contribution in [2.24, 2.45) is 0 Å².